The van der Waals surface area contributed by atoms with Gasteiger partial charge in [-0.05, 0) is 52.7 Å². The van der Waals surface area contributed by atoms with Crippen molar-refractivity contribution in [3.8, 4) is 11.3 Å². The molecule has 1 aliphatic rings. The maximum absolute atomic E-state index is 15.3. The van der Waals surface area contributed by atoms with E-state index in [2.05, 4.69) is 25.6 Å². The standard InChI is InChI=1S/C25H32ClFN6O4/c1-12(2)33-18-9-13(8-16(27)21(18)31-22(33)25(3,4)36)20-15(26)11-29-23(32-20)30-17-7-6-14(10-19(17)34)37-24(35)28-5/h8-9,11-12,14,17,19,34,36H,6-7,10H2,1-5H3,(H,28,35)(H,29,30,32)/t14-,17+,19?/m0/s1. The molecule has 37 heavy (non-hydrogen) atoms. The van der Waals surface area contributed by atoms with Gasteiger partial charge in [-0.3, -0.25) is 0 Å². The second-order valence-corrected chi connectivity index (χ2v) is 10.5. The average Bonchev–Trinajstić information content (AvgIpc) is 3.23. The van der Waals surface area contributed by atoms with Gasteiger partial charge in [-0.2, -0.15) is 0 Å². The van der Waals surface area contributed by atoms with Gasteiger partial charge in [-0.1, -0.05) is 11.6 Å². The van der Waals surface area contributed by atoms with Crippen molar-refractivity contribution in [2.45, 2.75) is 76.9 Å². The number of rotatable bonds is 6. The van der Waals surface area contributed by atoms with E-state index in [9.17, 15) is 15.0 Å². The van der Waals surface area contributed by atoms with Crippen molar-refractivity contribution < 1.29 is 24.1 Å². The van der Waals surface area contributed by atoms with Gasteiger partial charge in [0.05, 0.1) is 34.6 Å². The molecule has 3 aromatic rings. The molecule has 2 aromatic heterocycles. The number of anilines is 1. The molecule has 0 bridgehead atoms. The van der Waals surface area contributed by atoms with E-state index in [1.54, 1.807) is 24.5 Å². The van der Waals surface area contributed by atoms with E-state index in [0.717, 1.165) is 0 Å². The number of ether oxygens (including phenoxy) is 1. The summed E-state index contributed by atoms with van der Waals surface area (Å²) in [4.78, 5) is 24.6. The van der Waals surface area contributed by atoms with Gasteiger partial charge in [0.15, 0.2) is 5.82 Å². The van der Waals surface area contributed by atoms with Crippen molar-refractivity contribution in [3.05, 3.63) is 35.0 Å². The molecule has 4 N–H and O–H groups in total. The Morgan fingerprint density at radius 2 is 2.03 bits per heavy atom. The quantitative estimate of drug-likeness (QED) is 0.370. The van der Waals surface area contributed by atoms with Crippen LogP contribution in [0.25, 0.3) is 22.3 Å². The van der Waals surface area contributed by atoms with Crippen LogP contribution in [0, 0.1) is 5.82 Å². The van der Waals surface area contributed by atoms with Crippen molar-refractivity contribution in [2.24, 2.45) is 0 Å². The SMILES string of the molecule is CNC(=O)O[C@H]1CC[C@@H](Nc2ncc(Cl)c(-c3cc(F)c4nc(C(C)(C)O)n(C(C)C)c4c3)n2)C(O)C1. The number of fused-ring (bicyclic) bond motifs is 1. The lowest BCUT2D eigenvalue weighted by molar-refractivity contribution is 0.0172. The Morgan fingerprint density at radius 3 is 2.65 bits per heavy atom. The first-order valence-corrected chi connectivity index (χ1v) is 12.6. The van der Waals surface area contributed by atoms with Crippen LogP contribution in [0.2, 0.25) is 5.02 Å². The van der Waals surface area contributed by atoms with E-state index in [1.807, 2.05) is 13.8 Å². The number of halogens is 2. The van der Waals surface area contributed by atoms with Crippen molar-refractivity contribution >= 4 is 34.7 Å². The molecule has 12 heteroatoms. The van der Waals surface area contributed by atoms with E-state index < -0.39 is 23.6 Å². The van der Waals surface area contributed by atoms with Gasteiger partial charge in [0.1, 0.15) is 23.0 Å². The number of imidazole rings is 1. The van der Waals surface area contributed by atoms with Crippen LogP contribution in [0.1, 0.15) is 58.8 Å². The monoisotopic (exact) mass is 534 g/mol. The zero-order valence-corrected chi connectivity index (χ0v) is 22.2. The lowest BCUT2D eigenvalue weighted by Gasteiger charge is -2.33. The third-order valence-electron chi connectivity index (χ3n) is 6.39. The van der Waals surface area contributed by atoms with Crippen LogP contribution in [-0.2, 0) is 10.3 Å². The number of benzene rings is 1. The largest absolute Gasteiger partial charge is 0.446 e. The first-order chi connectivity index (χ1) is 17.4. The maximum Gasteiger partial charge on any atom is 0.407 e. The molecule has 10 nitrogen and oxygen atoms in total. The summed E-state index contributed by atoms with van der Waals surface area (Å²) in [5, 5.41) is 27.0. The number of hydrogen-bond donors (Lipinski definition) is 4. The van der Waals surface area contributed by atoms with Gasteiger partial charge in [0.2, 0.25) is 5.95 Å². The number of aromatic nitrogens is 4. The number of alkyl carbamates (subject to hydrolysis) is 1. The van der Waals surface area contributed by atoms with E-state index >= 15 is 4.39 Å². The van der Waals surface area contributed by atoms with E-state index in [4.69, 9.17) is 16.3 Å². The molecule has 1 unspecified atom stereocenters. The Bertz CT molecular complexity index is 1310. The summed E-state index contributed by atoms with van der Waals surface area (Å²) in [5.41, 5.74) is 0.124. The Labute approximate surface area is 219 Å². The van der Waals surface area contributed by atoms with E-state index in [0.29, 0.717) is 35.4 Å². The summed E-state index contributed by atoms with van der Waals surface area (Å²) in [6.45, 7) is 7.08. The number of hydrogen-bond acceptors (Lipinski definition) is 8. The summed E-state index contributed by atoms with van der Waals surface area (Å²) < 4.78 is 22.3. The minimum absolute atomic E-state index is 0.0943. The minimum atomic E-state index is -1.27. The summed E-state index contributed by atoms with van der Waals surface area (Å²) in [6, 6.07) is 2.59. The average molecular weight is 535 g/mol. The molecule has 0 aliphatic heterocycles. The predicted octanol–water partition coefficient (Wildman–Crippen LogP) is 4.14. The molecular formula is C25H32ClFN6O4. The Hall–Kier alpha value is -3.02. The third kappa shape index (κ3) is 5.63. The zero-order valence-electron chi connectivity index (χ0n) is 21.4. The molecule has 200 valence electrons. The van der Waals surface area contributed by atoms with Gasteiger partial charge in [0, 0.05) is 25.1 Å². The molecule has 0 spiro atoms. The van der Waals surface area contributed by atoms with Gasteiger partial charge in [0.25, 0.3) is 0 Å². The number of carbonyl (C=O) groups is 1. The molecule has 3 atom stereocenters. The van der Waals surface area contributed by atoms with Crippen molar-refractivity contribution in [1.82, 2.24) is 24.8 Å². The zero-order chi connectivity index (χ0) is 27.1. The first kappa shape index (κ1) is 27.0. The number of amides is 1. The smallest absolute Gasteiger partial charge is 0.407 e. The summed E-state index contributed by atoms with van der Waals surface area (Å²) in [7, 11) is 1.48. The lowest BCUT2D eigenvalue weighted by atomic mass is 9.90. The van der Waals surface area contributed by atoms with Crippen molar-refractivity contribution in [1.29, 1.82) is 0 Å². The highest BCUT2D eigenvalue weighted by Gasteiger charge is 2.32. The summed E-state index contributed by atoms with van der Waals surface area (Å²) in [5.74, 6) is 0.0188. The van der Waals surface area contributed by atoms with Crippen molar-refractivity contribution in [2.75, 3.05) is 12.4 Å². The topological polar surface area (TPSA) is 134 Å². The summed E-state index contributed by atoms with van der Waals surface area (Å²) >= 11 is 6.43. The number of aliphatic hydroxyl groups excluding tert-OH is 1. The third-order valence-corrected chi connectivity index (χ3v) is 6.67. The van der Waals surface area contributed by atoms with Crippen molar-refractivity contribution in [3.63, 3.8) is 0 Å². The normalized spacial score (nSPS) is 20.3. The summed E-state index contributed by atoms with van der Waals surface area (Å²) in [6.07, 6.45) is 1.07. The highest BCUT2D eigenvalue weighted by atomic mass is 35.5. The fraction of sp³-hybridized carbons (Fsp3) is 0.520. The molecule has 1 aliphatic carbocycles. The highest BCUT2D eigenvalue weighted by molar-refractivity contribution is 6.33. The van der Waals surface area contributed by atoms with Gasteiger partial charge < -0.3 is 30.2 Å². The van der Waals surface area contributed by atoms with Crippen LogP contribution in [0.3, 0.4) is 0 Å². The second-order valence-electron chi connectivity index (χ2n) is 10.1. The van der Waals surface area contributed by atoms with Gasteiger partial charge in [-0.15, -0.1) is 0 Å². The number of nitrogens with zero attached hydrogens (tertiary/aromatic N) is 4. The van der Waals surface area contributed by atoms with Crippen LogP contribution in [0.4, 0.5) is 15.1 Å². The lowest BCUT2D eigenvalue weighted by Crippen LogP contribution is -2.43. The number of nitrogens with one attached hydrogen (secondary N) is 2. The molecule has 1 saturated carbocycles. The fourth-order valence-corrected chi connectivity index (χ4v) is 4.84. The van der Waals surface area contributed by atoms with Gasteiger partial charge >= 0.3 is 6.09 Å². The van der Waals surface area contributed by atoms with E-state index in [1.165, 1.54) is 19.3 Å². The Balaban J connectivity index is 1.64. The highest BCUT2D eigenvalue weighted by Crippen LogP contribution is 2.35. The molecular weight excluding hydrogens is 503 g/mol. The Morgan fingerprint density at radius 1 is 1.30 bits per heavy atom. The number of aliphatic hydroxyl groups is 2. The molecule has 0 radical (unpaired) electrons. The Kier molecular flexibility index (Phi) is 7.59. The van der Waals surface area contributed by atoms with Crippen LogP contribution in [0.15, 0.2) is 18.3 Å². The van der Waals surface area contributed by atoms with E-state index in [-0.39, 0.29) is 41.1 Å². The molecule has 1 fully saturated rings. The minimum Gasteiger partial charge on any atom is -0.446 e. The van der Waals surface area contributed by atoms with Crippen LogP contribution < -0.4 is 10.6 Å². The maximum atomic E-state index is 15.3. The molecule has 2 heterocycles. The number of carbonyl (C=O) groups excluding carboxylic acids is 1. The van der Waals surface area contributed by atoms with Crippen LogP contribution >= 0.6 is 11.6 Å². The molecule has 4 rings (SSSR count). The van der Waals surface area contributed by atoms with Crippen LogP contribution in [-0.4, -0.2) is 61.1 Å². The predicted molar refractivity (Wildman–Crippen MR) is 138 cm³/mol. The molecule has 1 amide bonds. The molecule has 1 aromatic carbocycles. The van der Waals surface area contributed by atoms with Crippen LogP contribution in [0.5, 0.6) is 0 Å². The van der Waals surface area contributed by atoms with Gasteiger partial charge in [-0.25, -0.2) is 24.1 Å². The second kappa shape index (κ2) is 10.4. The fourth-order valence-electron chi connectivity index (χ4n) is 4.64. The first-order valence-electron chi connectivity index (χ1n) is 12.2. The molecule has 0 saturated heterocycles.